The fourth-order valence-corrected chi connectivity index (χ4v) is 15.1. The van der Waals surface area contributed by atoms with Crippen LogP contribution in [0, 0.1) is 0 Å². The van der Waals surface area contributed by atoms with Crippen LogP contribution in [0.15, 0.2) is 325 Å². The molecule has 4 heterocycles. The highest BCUT2D eigenvalue weighted by Gasteiger charge is 2.47. The van der Waals surface area contributed by atoms with Gasteiger partial charge in [0, 0.05) is 78.2 Å². The van der Waals surface area contributed by atoms with Crippen LogP contribution in [0.4, 0.5) is 68.2 Å². The van der Waals surface area contributed by atoms with Crippen molar-refractivity contribution in [3.05, 3.63) is 315 Å². The molecule has 0 aliphatic carbocycles. The van der Waals surface area contributed by atoms with E-state index in [2.05, 4.69) is 335 Å². The molecular formula is C78H52B2N4OS. The normalized spacial score (nSPS) is 12.8. The average Bonchev–Trinajstić information content (AvgIpc) is 0.714. The number of hydrogen-bond acceptors (Lipinski definition) is 6. The molecule has 17 rings (SSSR count). The highest BCUT2D eigenvalue weighted by molar-refractivity contribution is 8.00. The van der Waals surface area contributed by atoms with Gasteiger partial charge in [-0.1, -0.05) is 230 Å². The van der Waals surface area contributed by atoms with E-state index in [9.17, 15) is 0 Å². The summed E-state index contributed by atoms with van der Waals surface area (Å²) in [6, 6.07) is 115. The molecule has 0 amide bonds. The van der Waals surface area contributed by atoms with E-state index in [1.54, 1.807) is 0 Å². The molecule has 0 radical (unpaired) electrons. The maximum Gasteiger partial charge on any atom is 0.256 e. The molecule has 0 saturated heterocycles. The fourth-order valence-electron chi connectivity index (χ4n) is 13.9. The van der Waals surface area contributed by atoms with E-state index < -0.39 is 0 Å². The van der Waals surface area contributed by atoms with Gasteiger partial charge in [0.15, 0.2) is 0 Å². The number of hydrogen-bond donors (Lipinski definition) is 0. The Bertz CT molecular complexity index is 4450. The lowest BCUT2D eigenvalue weighted by Gasteiger charge is -2.45. The Balaban J connectivity index is 0.942. The zero-order chi connectivity index (χ0) is 56.7. The van der Waals surface area contributed by atoms with Crippen molar-refractivity contribution >= 4 is 126 Å². The Morgan fingerprint density at radius 3 is 1.28 bits per heavy atom. The van der Waals surface area contributed by atoms with E-state index in [4.69, 9.17) is 4.74 Å². The van der Waals surface area contributed by atoms with Crippen LogP contribution in [0.3, 0.4) is 0 Å². The van der Waals surface area contributed by atoms with Crippen LogP contribution in [0.5, 0.6) is 11.5 Å². The lowest BCUT2D eigenvalue weighted by atomic mass is 9.31. The molecule has 13 aromatic rings. The molecule has 13 aromatic carbocycles. The van der Waals surface area contributed by atoms with Gasteiger partial charge in [-0.25, -0.2) is 0 Å². The van der Waals surface area contributed by atoms with E-state index in [1.165, 1.54) is 31.6 Å². The van der Waals surface area contributed by atoms with Gasteiger partial charge in [-0.15, -0.1) is 0 Å². The first kappa shape index (κ1) is 49.9. The number of nitrogens with zero attached hydrogens (tertiary/aromatic N) is 4. The van der Waals surface area contributed by atoms with E-state index in [0.29, 0.717) is 0 Å². The highest BCUT2D eigenvalue weighted by atomic mass is 32.2. The van der Waals surface area contributed by atoms with Crippen molar-refractivity contribution in [1.29, 1.82) is 0 Å². The molecule has 4 aliphatic rings. The first-order valence-corrected chi connectivity index (χ1v) is 30.3. The van der Waals surface area contributed by atoms with Crippen molar-refractivity contribution in [1.82, 2.24) is 0 Å². The fraction of sp³-hybridized carbons (Fsp3) is 0. The average molecular weight is 1110 g/mol. The number of para-hydroxylation sites is 7. The molecule has 402 valence electrons. The van der Waals surface area contributed by atoms with E-state index in [1.807, 2.05) is 11.8 Å². The number of rotatable bonds is 10. The van der Waals surface area contributed by atoms with Crippen LogP contribution in [0.25, 0.3) is 22.3 Å². The van der Waals surface area contributed by atoms with Gasteiger partial charge in [-0.2, -0.15) is 0 Å². The molecular weight excluding hydrogens is 1060 g/mol. The number of ether oxygens (including phenoxy) is 1. The van der Waals surface area contributed by atoms with Gasteiger partial charge in [0.25, 0.3) is 6.71 Å². The van der Waals surface area contributed by atoms with Crippen LogP contribution in [-0.2, 0) is 0 Å². The molecule has 0 fully saturated rings. The lowest BCUT2D eigenvalue weighted by Crippen LogP contribution is -2.64. The first-order valence-electron chi connectivity index (χ1n) is 29.5. The Morgan fingerprint density at radius 2 is 0.721 bits per heavy atom. The summed E-state index contributed by atoms with van der Waals surface area (Å²) in [6.45, 7) is -0.243. The van der Waals surface area contributed by atoms with E-state index in [-0.39, 0.29) is 13.4 Å². The third-order valence-electron chi connectivity index (χ3n) is 17.5. The smallest absolute Gasteiger partial charge is 0.256 e. The van der Waals surface area contributed by atoms with Gasteiger partial charge in [-0.3, -0.25) is 0 Å². The maximum absolute atomic E-state index is 7.31. The topological polar surface area (TPSA) is 22.2 Å². The Morgan fingerprint density at radius 1 is 0.291 bits per heavy atom. The third-order valence-corrected chi connectivity index (χ3v) is 18.6. The van der Waals surface area contributed by atoms with Crippen LogP contribution in [0.1, 0.15) is 0 Å². The predicted octanol–water partition coefficient (Wildman–Crippen LogP) is 17.1. The maximum atomic E-state index is 7.31. The van der Waals surface area contributed by atoms with Crippen LogP contribution in [0.2, 0.25) is 0 Å². The summed E-state index contributed by atoms with van der Waals surface area (Å²) < 4.78 is 7.31. The second kappa shape index (κ2) is 20.6. The summed E-state index contributed by atoms with van der Waals surface area (Å²) in [7, 11) is 0. The van der Waals surface area contributed by atoms with E-state index in [0.717, 1.165) is 113 Å². The molecule has 0 aromatic heterocycles. The summed E-state index contributed by atoms with van der Waals surface area (Å²) in [5, 5.41) is 0. The Labute approximate surface area is 506 Å². The summed E-state index contributed by atoms with van der Waals surface area (Å²) >= 11 is 1.89. The SMILES string of the molecule is c1ccc(-c2ccccc2N(c2ccccc2)c2cc3c4c(c2)N(c2ccccc2)c2cc5c(cc2B4c2ccccc2O3)B2c3ccccc3Sc3cc(N(c4ccccc4)c4ccccc4-c4ccccc4)cc(c32)N5c2ccccc2)cc1. The molecule has 8 heteroatoms. The lowest BCUT2D eigenvalue weighted by molar-refractivity contribution is 0.487. The van der Waals surface area contributed by atoms with Gasteiger partial charge < -0.3 is 24.3 Å². The third kappa shape index (κ3) is 8.12. The predicted molar refractivity (Wildman–Crippen MR) is 362 cm³/mol. The number of benzene rings is 13. The van der Waals surface area contributed by atoms with Crippen LogP contribution in [-0.4, -0.2) is 13.4 Å². The van der Waals surface area contributed by atoms with Crippen LogP contribution < -0.4 is 57.1 Å². The molecule has 4 aliphatic heterocycles. The van der Waals surface area contributed by atoms with Crippen molar-refractivity contribution in [2.24, 2.45) is 0 Å². The largest absolute Gasteiger partial charge is 0.458 e. The Hall–Kier alpha value is -10.7. The minimum absolute atomic E-state index is 0.0823. The summed E-state index contributed by atoms with van der Waals surface area (Å²) in [4.78, 5) is 12.4. The highest BCUT2D eigenvalue weighted by Crippen LogP contribution is 2.52. The molecule has 86 heavy (non-hydrogen) atoms. The molecule has 0 spiro atoms. The zero-order valence-corrected chi connectivity index (χ0v) is 47.6. The quantitative estimate of drug-likeness (QED) is 0.126. The molecule has 0 unspecified atom stereocenters. The number of fused-ring (bicyclic) bond motifs is 8. The monoisotopic (exact) mass is 1110 g/mol. The van der Waals surface area contributed by atoms with Gasteiger partial charge in [0.05, 0.1) is 17.1 Å². The standard InChI is InChI=1S/C78H52B2N4OS/c1-7-27-53(28-8-1)61-39-19-23-43-67(61)81(55-31-11-3-12-32-55)59-47-71-77-74(49-59)85-73-45-25-21-41-63(73)79(77)65-51-66-70(52-69(65)83(71)57-35-15-5-16-36-57)84(58-37-17-6-18-38-58)72-48-60(50-76-78(72)80(66)64-42-22-26-46-75(64)86-76)82(56-33-13-4-14-34-56)68-44-24-20-40-62(68)54-29-9-2-10-30-54/h1-52H. The van der Waals surface area contributed by atoms with Gasteiger partial charge >= 0.3 is 0 Å². The summed E-state index contributed by atoms with van der Waals surface area (Å²) in [6.07, 6.45) is 0. The van der Waals surface area contributed by atoms with Crippen molar-refractivity contribution in [3.8, 4) is 33.8 Å². The zero-order valence-electron chi connectivity index (χ0n) is 46.8. The summed E-state index contributed by atoms with van der Waals surface area (Å²) in [5.74, 6) is 1.70. The van der Waals surface area contributed by atoms with Crippen molar-refractivity contribution < 1.29 is 4.74 Å². The second-order valence-electron chi connectivity index (χ2n) is 22.3. The van der Waals surface area contributed by atoms with Crippen molar-refractivity contribution in [3.63, 3.8) is 0 Å². The molecule has 0 atom stereocenters. The number of anilines is 12. The summed E-state index contributed by atoms with van der Waals surface area (Å²) in [5.41, 5.74) is 25.0. The Kier molecular flexibility index (Phi) is 12.0. The molecule has 0 N–H and O–H groups in total. The first-order chi connectivity index (χ1) is 42.7. The molecule has 0 saturated carbocycles. The molecule has 0 bridgehead atoms. The van der Waals surface area contributed by atoms with Gasteiger partial charge in [-0.05, 0) is 136 Å². The van der Waals surface area contributed by atoms with Crippen LogP contribution >= 0.6 is 11.8 Å². The molecule has 5 nitrogen and oxygen atoms in total. The van der Waals surface area contributed by atoms with Gasteiger partial charge in [0.2, 0.25) is 6.71 Å². The van der Waals surface area contributed by atoms with Crippen molar-refractivity contribution in [2.45, 2.75) is 9.79 Å². The van der Waals surface area contributed by atoms with Gasteiger partial charge in [0.1, 0.15) is 11.5 Å². The minimum Gasteiger partial charge on any atom is -0.458 e. The minimum atomic E-state index is -0.160. The van der Waals surface area contributed by atoms with Crippen molar-refractivity contribution in [2.75, 3.05) is 19.6 Å². The van der Waals surface area contributed by atoms with E-state index >= 15 is 0 Å². The second-order valence-corrected chi connectivity index (χ2v) is 23.4.